The number of likely N-dealkylation sites (N-methyl/N-ethyl adjacent to an activating group) is 1. The van der Waals surface area contributed by atoms with Crippen molar-refractivity contribution >= 4 is 10.0 Å². The highest BCUT2D eigenvalue weighted by Gasteiger charge is 2.34. The first-order valence-corrected chi connectivity index (χ1v) is 8.08. The van der Waals surface area contributed by atoms with Crippen LogP contribution in [0, 0.1) is 0 Å². The molecule has 1 aromatic rings. The number of nitrogens with two attached hydrogens (primary N) is 1. The van der Waals surface area contributed by atoms with Gasteiger partial charge in [-0.3, -0.25) is 0 Å². The molecule has 0 saturated carbocycles. The summed E-state index contributed by atoms with van der Waals surface area (Å²) in [5, 5.41) is 0. The second-order valence-corrected chi connectivity index (χ2v) is 6.95. The smallest absolute Gasteiger partial charge is 0.215 e. The molecule has 1 saturated heterocycles. The van der Waals surface area contributed by atoms with Gasteiger partial charge in [0, 0.05) is 26.2 Å². The number of hydrogen-bond donors (Lipinski definition) is 1. The molecule has 1 unspecified atom stereocenters. The third kappa shape index (κ3) is 3.33. The van der Waals surface area contributed by atoms with Crippen molar-refractivity contribution in [2.24, 2.45) is 5.73 Å². The number of sulfonamides is 1. The quantitative estimate of drug-likeness (QED) is 0.861. The standard InChI is InChI=1S/C13H21N3O2S/c1-15-8-9-16(19(17,18)10-7-14)13(11-15)12-5-3-2-4-6-12/h2-6,13H,7-11,14H2,1H3. The normalized spacial score (nSPS) is 22.5. The Labute approximate surface area is 115 Å². The van der Waals surface area contributed by atoms with Crippen LogP contribution in [0.15, 0.2) is 30.3 Å². The number of piperazine rings is 1. The fourth-order valence-electron chi connectivity index (χ4n) is 2.45. The minimum absolute atomic E-state index is 0.0139. The molecule has 1 heterocycles. The maximum atomic E-state index is 12.3. The minimum Gasteiger partial charge on any atom is -0.329 e. The molecule has 0 radical (unpaired) electrons. The summed E-state index contributed by atoms with van der Waals surface area (Å²) < 4.78 is 26.2. The predicted molar refractivity (Wildman–Crippen MR) is 76.2 cm³/mol. The number of nitrogens with zero attached hydrogens (tertiary/aromatic N) is 2. The Kier molecular flexibility index (Phi) is 4.57. The Morgan fingerprint density at radius 2 is 1.95 bits per heavy atom. The molecule has 1 atom stereocenters. The molecule has 0 aromatic heterocycles. The van der Waals surface area contributed by atoms with Crippen molar-refractivity contribution in [3.05, 3.63) is 35.9 Å². The fraction of sp³-hybridized carbons (Fsp3) is 0.538. The van der Waals surface area contributed by atoms with Gasteiger partial charge >= 0.3 is 0 Å². The van der Waals surface area contributed by atoms with Gasteiger partial charge in [0.05, 0.1) is 11.8 Å². The molecule has 2 N–H and O–H groups in total. The SMILES string of the molecule is CN1CCN(S(=O)(=O)CCN)C(c2ccccc2)C1. The number of rotatable bonds is 4. The highest BCUT2D eigenvalue weighted by molar-refractivity contribution is 7.89. The summed E-state index contributed by atoms with van der Waals surface area (Å²) in [5.74, 6) is 0.0139. The highest BCUT2D eigenvalue weighted by atomic mass is 32.2. The zero-order chi connectivity index (χ0) is 13.9. The maximum Gasteiger partial charge on any atom is 0.215 e. The molecule has 1 fully saturated rings. The lowest BCUT2D eigenvalue weighted by atomic mass is 10.1. The van der Waals surface area contributed by atoms with Crippen molar-refractivity contribution in [1.29, 1.82) is 0 Å². The number of hydrogen-bond acceptors (Lipinski definition) is 4. The van der Waals surface area contributed by atoms with Gasteiger partial charge < -0.3 is 10.6 Å². The van der Waals surface area contributed by atoms with E-state index in [9.17, 15) is 8.42 Å². The Morgan fingerprint density at radius 3 is 2.58 bits per heavy atom. The van der Waals surface area contributed by atoms with Crippen LogP contribution in [0.25, 0.3) is 0 Å². The molecule has 5 nitrogen and oxygen atoms in total. The van der Waals surface area contributed by atoms with Crippen LogP contribution in [0.4, 0.5) is 0 Å². The number of benzene rings is 1. The second-order valence-electron chi connectivity index (χ2n) is 4.90. The van der Waals surface area contributed by atoms with E-state index < -0.39 is 10.0 Å². The second kappa shape index (κ2) is 6.00. The zero-order valence-electron chi connectivity index (χ0n) is 11.2. The maximum absolute atomic E-state index is 12.3. The van der Waals surface area contributed by atoms with E-state index in [1.807, 2.05) is 37.4 Å². The van der Waals surface area contributed by atoms with Crippen molar-refractivity contribution in [3.63, 3.8) is 0 Å². The van der Waals surface area contributed by atoms with Gasteiger partial charge in [0.15, 0.2) is 0 Å². The van der Waals surface area contributed by atoms with Gasteiger partial charge in [-0.05, 0) is 12.6 Å². The van der Waals surface area contributed by atoms with E-state index in [0.717, 1.165) is 12.1 Å². The average molecular weight is 283 g/mol. The molecule has 6 heteroatoms. The molecule has 0 bridgehead atoms. The Hall–Kier alpha value is -0.950. The van der Waals surface area contributed by atoms with Crippen LogP contribution in [-0.4, -0.2) is 56.6 Å². The lowest BCUT2D eigenvalue weighted by molar-refractivity contribution is 0.161. The van der Waals surface area contributed by atoms with Crippen molar-refractivity contribution in [1.82, 2.24) is 9.21 Å². The van der Waals surface area contributed by atoms with Crippen molar-refractivity contribution < 1.29 is 8.42 Å². The van der Waals surface area contributed by atoms with E-state index in [0.29, 0.717) is 13.1 Å². The lowest BCUT2D eigenvalue weighted by Gasteiger charge is -2.39. The molecule has 1 aliphatic heterocycles. The summed E-state index contributed by atoms with van der Waals surface area (Å²) in [6, 6.07) is 9.67. The molecule has 1 aromatic carbocycles. The first kappa shape index (κ1) is 14.5. The van der Waals surface area contributed by atoms with Crippen molar-refractivity contribution in [2.75, 3.05) is 39.0 Å². The van der Waals surface area contributed by atoms with Crippen LogP contribution in [0.2, 0.25) is 0 Å². The zero-order valence-corrected chi connectivity index (χ0v) is 12.0. The molecule has 106 valence electrons. The van der Waals surface area contributed by atoms with Gasteiger partial charge in [-0.15, -0.1) is 0 Å². The highest BCUT2D eigenvalue weighted by Crippen LogP contribution is 2.27. The summed E-state index contributed by atoms with van der Waals surface area (Å²) in [6.07, 6.45) is 0. The summed E-state index contributed by atoms with van der Waals surface area (Å²) in [6.45, 7) is 2.16. The van der Waals surface area contributed by atoms with E-state index in [1.54, 1.807) is 4.31 Å². The third-order valence-electron chi connectivity index (χ3n) is 3.45. The predicted octanol–water partition coefficient (Wildman–Crippen LogP) is 0.264. The summed E-state index contributed by atoms with van der Waals surface area (Å²) in [7, 11) is -1.26. The molecule has 2 rings (SSSR count). The van der Waals surface area contributed by atoms with E-state index in [-0.39, 0.29) is 18.3 Å². The van der Waals surface area contributed by atoms with Crippen molar-refractivity contribution in [3.8, 4) is 0 Å². The van der Waals surface area contributed by atoms with E-state index in [1.165, 1.54) is 0 Å². The minimum atomic E-state index is -3.27. The first-order valence-electron chi connectivity index (χ1n) is 6.47. The first-order chi connectivity index (χ1) is 9.04. The van der Waals surface area contributed by atoms with Gasteiger partial charge in [0.1, 0.15) is 0 Å². The van der Waals surface area contributed by atoms with Gasteiger partial charge in [-0.25, -0.2) is 8.42 Å². The van der Waals surface area contributed by atoms with Crippen LogP contribution >= 0.6 is 0 Å². The van der Waals surface area contributed by atoms with E-state index in [4.69, 9.17) is 5.73 Å². The van der Waals surface area contributed by atoms with Gasteiger partial charge in [0.25, 0.3) is 0 Å². The largest absolute Gasteiger partial charge is 0.329 e. The molecule has 0 spiro atoms. The van der Waals surface area contributed by atoms with Crippen LogP contribution in [-0.2, 0) is 10.0 Å². The molecular formula is C13H21N3O2S. The molecular weight excluding hydrogens is 262 g/mol. The van der Waals surface area contributed by atoms with Crippen molar-refractivity contribution in [2.45, 2.75) is 6.04 Å². The van der Waals surface area contributed by atoms with E-state index >= 15 is 0 Å². The Bertz CT molecular complexity index is 504. The van der Waals surface area contributed by atoms with Crippen LogP contribution in [0.3, 0.4) is 0 Å². The summed E-state index contributed by atoms with van der Waals surface area (Å²) in [4.78, 5) is 2.16. The molecule has 1 aliphatic rings. The van der Waals surface area contributed by atoms with Gasteiger partial charge in [-0.1, -0.05) is 30.3 Å². The van der Waals surface area contributed by atoms with Crippen LogP contribution in [0.5, 0.6) is 0 Å². The van der Waals surface area contributed by atoms with Gasteiger partial charge in [-0.2, -0.15) is 4.31 Å². The van der Waals surface area contributed by atoms with Crippen LogP contribution < -0.4 is 5.73 Å². The molecule has 19 heavy (non-hydrogen) atoms. The molecule has 0 amide bonds. The third-order valence-corrected chi connectivity index (χ3v) is 5.36. The van der Waals surface area contributed by atoms with Crippen LogP contribution in [0.1, 0.15) is 11.6 Å². The topological polar surface area (TPSA) is 66.6 Å². The summed E-state index contributed by atoms with van der Waals surface area (Å²) >= 11 is 0. The lowest BCUT2D eigenvalue weighted by Crippen LogP contribution is -2.50. The fourth-order valence-corrected chi connectivity index (χ4v) is 3.92. The summed E-state index contributed by atoms with van der Waals surface area (Å²) in [5.41, 5.74) is 6.45. The Morgan fingerprint density at radius 1 is 1.26 bits per heavy atom. The van der Waals surface area contributed by atoms with Gasteiger partial charge in [0.2, 0.25) is 10.0 Å². The molecule has 0 aliphatic carbocycles. The monoisotopic (exact) mass is 283 g/mol. The average Bonchev–Trinajstić information content (AvgIpc) is 2.39. The van der Waals surface area contributed by atoms with E-state index in [2.05, 4.69) is 4.90 Å². The Balaban J connectivity index is 2.30.